The number of esters is 1. The van der Waals surface area contributed by atoms with E-state index in [2.05, 4.69) is 9.97 Å². The van der Waals surface area contributed by atoms with E-state index in [1.807, 2.05) is 20.8 Å². The highest BCUT2D eigenvalue weighted by Gasteiger charge is 2.21. The molecule has 0 amide bonds. The molecular formula is C13H16N2O4S. The maximum absolute atomic E-state index is 12.0. The first-order valence-corrected chi connectivity index (χ1v) is 6.78. The molecule has 0 aliphatic rings. The molecule has 0 aliphatic carbocycles. The van der Waals surface area contributed by atoms with Crippen molar-refractivity contribution in [3.63, 3.8) is 0 Å². The molecule has 0 fully saturated rings. The molecule has 0 atom stereocenters. The quantitative estimate of drug-likeness (QED) is 0.811. The average Bonchev–Trinajstić information content (AvgIpc) is 2.77. The first-order valence-electron chi connectivity index (χ1n) is 5.97. The van der Waals surface area contributed by atoms with Crippen LogP contribution in [0.4, 0.5) is 0 Å². The van der Waals surface area contributed by atoms with E-state index in [0.717, 1.165) is 0 Å². The van der Waals surface area contributed by atoms with Gasteiger partial charge in [-0.2, -0.15) is 4.98 Å². The smallest absolute Gasteiger partial charge is 0.348 e. The summed E-state index contributed by atoms with van der Waals surface area (Å²) in [5, 5.41) is 0. The third-order valence-electron chi connectivity index (χ3n) is 2.29. The lowest BCUT2D eigenvalue weighted by atomic mass is 10.2. The Labute approximate surface area is 120 Å². The fourth-order valence-electron chi connectivity index (χ4n) is 1.52. The van der Waals surface area contributed by atoms with Crippen LogP contribution in [0.3, 0.4) is 0 Å². The standard InChI is InChI=1S/C13H16N2O4S/c1-13(2,3)19-12(16)8-6-7-11(20-8)15-10(18-5)9(14-7)17-4/h6H,1-5H3. The summed E-state index contributed by atoms with van der Waals surface area (Å²) in [5.74, 6) is 0.186. The van der Waals surface area contributed by atoms with Crippen LogP contribution in [0.15, 0.2) is 6.07 Å². The molecular weight excluding hydrogens is 280 g/mol. The van der Waals surface area contributed by atoms with Crippen molar-refractivity contribution in [1.82, 2.24) is 9.97 Å². The minimum absolute atomic E-state index is 0.286. The average molecular weight is 296 g/mol. The van der Waals surface area contributed by atoms with Crippen LogP contribution in [0.2, 0.25) is 0 Å². The normalized spacial score (nSPS) is 11.4. The van der Waals surface area contributed by atoms with Gasteiger partial charge in [-0.3, -0.25) is 0 Å². The Morgan fingerprint density at radius 3 is 2.30 bits per heavy atom. The van der Waals surface area contributed by atoms with E-state index in [1.165, 1.54) is 25.6 Å². The van der Waals surface area contributed by atoms with E-state index in [0.29, 0.717) is 15.2 Å². The number of ether oxygens (including phenoxy) is 3. The second-order valence-corrected chi connectivity index (χ2v) is 6.08. The number of rotatable bonds is 3. The Hall–Kier alpha value is -1.89. The van der Waals surface area contributed by atoms with Crippen LogP contribution in [-0.4, -0.2) is 35.8 Å². The van der Waals surface area contributed by atoms with Crippen LogP contribution in [0.1, 0.15) is 30.4 Å². The van der Waals surface area contributed by atoms with E-state index >= 15 is 0 Å². The lowest BCUT2D eigenvalue weighted by Gasteiger charge is -2.18. The summed E-state index contributed by atoms with van der Waals surface area (Å²) in [6.45, 7) is 5.46. The van der Waals surface area contributed by atoms with E-state index in [9.17, 15) is 4.79 Å². The van der Waals surface area contributed by atoms with Crippen LogP contribution in [-0.2, 0) is 4.74 Å². The fourth-order valence-corrected chi connectivity index (χ4v) is 2.37. The minimum atomic E-state index is -0.538. The molecule has 2 aromatic heterocycles. The second kappa shape index (κ2) is 5.24. The number of hydrogen-bond acceptors (Lipinski definition) is 7. The molecule has 0 N–H and O–H groups in total. The summed E-state index contributed by atoms with van der Waals surface area (Å²) in [6.07, 6.45) is 0. The zero-order chi connectivity index (χ0) is 14.9. The maximum Gasteiger partial charge on any atom is 0.348 e. The number of hydrogen-bond donors (Lipinski definition) is 0. The first-order chi connectivity index (χ1) is 9.34. The number of methoxy groups -OCH3 is 2. The third kappa shape index (κ3) is 2.98. The van der Waals surface area contributed by atoms with E-state index in [1.54, 1.807) is 6.07 Å². The largest absolute Gasteiger partial charge is 0.477 e. The molecule has 0 bridgehead atoms. The Morgan fingerprint density at radius 2 is 1.75 bits per heavy atom. The number of aromatic nitrogens is 2. The third-order valence-corrected chi connectivity index (χ3v) is 3.29. The first kappa shape index (κ1) is 14.5. The van der Waals surface area contributed by atoms with Gasteiger partial charge in [0.05, 0.1) is 14.2 Å². The van der Waals surface area contributed by atoms with Crippen molar-refractivity contribution in [3.05, 3.63) is 10.9 Å². The number of thiophene rings is 1. The Morgan fingerprint density at radius 1 is 1.15 bits per heavy atom. The van der Waals surface area contributed by atoms with Gasteiger partial charge < -0.3 is 14.2 Å². The molecule has 6 nitrogen and oxygen atoms in total. The molecule has 2 aromatic rings. The molecule has 7 heteroatoms. The predicted molar refractivity (Wildman–Crippen MR) is 75.7 cm³/mol. The molecule has 20 heavy (non-hydrogen) atoms. The summed E-state index contributed by atoms with van der Waals surface area (Å²) < 4.78 is 15.5. The highest BCUT2D eigenvalue weighted by atomic mass is 32.1. The van der Waals surface area contributed by atoms with Crippen molar-refractivity contribution in [2.75, 3.05) is 14.2 Å². The van der Waals surface area contributed by atoms with Crippen LogP contribution in [0.5, 0.6) is 11.8 Å². The number of fused-ring (bicyclic) bond motifs is 1. The number of carbonyl (C=O) groups excluding carboxylic acids is 1. The van der Waals surface area contributed by atoms with Gasteiger partial charge in [0.2, 0.25) is 0 Å². The summed E-state index contributed by atoms with van der Waals surface area (Å²) in [6, 6.07) is 1.64. The summed E-state index contributed by atoms with van der Waals surface area (Å²) in [7, 11) is 2.97. The molecule has 2 heterocycles. The predicted octanol–water partition coefficient (Wildman–Crippen LogP) is 2.66. The van der Waals surface area contributed by atoms with Crippen molar-refractivity contribution < 1.29 is 19.0 Å². The van der Waals surface area contributed by atoms with E-state index in [-0.39, 0.29) is 17.7 Å². The minimum Gasteiger partial charge on any atom is -0.477 e. The van der Waals surface area contributed by atoms with Gasteiger partial charge in [0.25, 0.3) is 11.8 Å². The zero-order valence-corrected chi connectivity index (χ0v) is 12.8. The topological polar surface area (TPSA) is 70.5 Å². The molecule has 0 radical (unpaired) electrons. The highest BCUT2D eigenvalue weighted by molar-refractivity contribution is 7.20. The summed E-state index contributed by atoms with van der Waals surface area (Å²) in [4.78, 5) is 21.6. The van der Waals surface area contributed by atoms with Crippen LogP contribution < -0.4 is 9.47 Å². The molecule has 0 unspecified atom stereocenters. The molecule has 2 rings (SSSR count). The van der Waals surface area contributed by atoms with Crippen LogP contribution in [0.25, 0.3) is 10.3 Å². The SMILES string of the molecule is COc1nc2cc(C(=O)OC(C)(C)C)sc2nc1OC. The summed E-state index contributed by atoms with van der Waals surface area (Å²) in [5.41, 5.74) is 0.0391. The molecule has 0 saturated heterocycles. The van der Waals surface area contributed by atoms with Gasteiger partial charge in [0, 0.05) is 0 Å². The number of carbonyl (C=O) groups is 1. The Kier molecular flexibility index (Phi) is 3.80. The van der Waals surface area contributed by atoms with Gasteiger partial charge in [0.1, 0.15) is 20.8 Å². The Bertz CT molecular complexity index is 605. The van der Waals surface area contributed by atoms with Gasteiger partial charge in [-0.1, -0.05) is 0 Å². The van der Waals surface area contributed by atoms with E-state index in [4.69, 9.17) is 14.2 Å². The van der Waals surface area contributed by atoms with Gasteiger partial charge >= 0.3 is 5.97 Å². The molecule has 0 saturated carbocycles. The van der Waals surface area contributed by atoms with Crippen molar-refractivity contribution in [3.8, 4) is 11.8 Å². The molecule has 0 aliphatic heterocycles. The van der Waals surface area contributed by atoms with Crippen molar-refractivity contribution >= 4 is 27.7 Å². The zero-order valence-electron chi connectivity index (χ0n) is 12.0. The lowest BCUT2D eigenvalue weighted by molar-refractivity contribution is 0.00753. The van der Waals surface area contributed by atoms with Crippen molar-refractivity contribution in [2.45, 2.75) is 26.4 Å². The highest BCUT2D eigenvalue weighted by Crippen LogP contribution is 2.30. The Balaban J connectivity index is 2.41. The van der Waals surface area contributed by atoms with Crippen LogP contribution in [0, 0.1) is 0 Å². The molecule has 0 spiro atoms. The number of nitrogens with zero attached hydrogens (tertiary/aromatic N) is 2. The van der Waals surface area contributed by atoms with Gasteiger partial charge in [0.15, 0.2) is 0 Å². The van der Waals surface area contributed by atoms with Gasteiger partial charge in [-0.15, -0.1) is 11.3 Å². The fraction of sp³-hybridized carbons (Fsp3) is 0.462. The van der Waals surface area contributed by atoms with Crippen LogP contribution >= 0.6 is 11.3 Å². The van der Waals surface area contributed by atoms with Crippen molar-refractivity contribution in [2.24, 2.45) is 0 Å². The van der Waals surface area contributed by atoms with E-state index < -0.39 is 5.60 Å². The lowest BCUT2D eigenvalue weighted by Crippen LogP contribution is -2.23. The summed E-state index contributed by atoms with van der Waals surface area (Å²) >= 11 is 1.21. The second-order valence-electron chi connectivity index (χ2n) is 5.05. The molecule has 0 aromatic carbocycles. The van der Waals surface area contributed by atoms with Crippen molar-refractivity contribution in [1.29, 1.82) is 0 Å². The monoisotopic (exact) mass is 296 g/mol. The van der Waals surface area contributed by atoms with Gasteiger partial charge in [-0.25, -0.2) is 9.78 Å². The maximum atomic E-state index is 12.0. The van der Waals surface area contributed by atoms with Gasteiger partial charge in [-0.05, 0) is 26.8 Å². The molecule has 108 valence electrons.